The zero-order valence-electron chi connectivity index (χ0n) is 9.33. The van der Waals surface area contributed by atoms with Crippen LogP contribution in [0, 0.1) is 0 Å². The van der Waals surface area contributed by atoms with Crippen molar-refractivity contribution in [3.05, 3.63) is 23.2 Å². The van der Waals surface area contributed by atoms with Gasteiger partial charge in [-0.05, 0) is 38.1 Å². The van der Waals surface area contributed by atoms with Gasteiger partial charge in [0.15, 0.2) is 11.5 Å². The van der Waals surface area contributed by atoms with Crippen molar-refractivity contribution < 1.29 is 9.47 Å². The lowest BCUT2D eigenvalue weighted by Crippen LogP contribution is -2.34. The molecule has 2 rings (SSSR count). The third-order valence-corrected chi connectivity index (χ3v) is 3.02. The molecule has 1 fully saturated rings. The highest BCUT2D eigenvalue weighted by molar-refractivity contribution is 6.32. The molecule has 1 heterocycles. The summed E-state index contributed by atoms with van der Waals surface area (Å²) in [4.78, 5) is 0. The lowest BCUT2D eigenvalue weighted by molar-refractivity contribution is 0.157. The number of hydrogen-bond donors (Lipinski definition) is 1. The summed E-state index contributed by atoms with van der Waals surface area (Å²) >= 11 is 6.11. The third-order valence-electron chi connectivity index (χ3n) is 2.72. The van der Waals surface area contributed by atoms with Crippen molar-refractivity contribution in [2.24, 2.45) is 0 Å². The molecule has 88 valence electrons. The number of halogens is 1. The molecular formula is C12H16ClNO2. The van der Waals surface area contributed by atoms with Crippen molar-refractivity contribution >= 4 is 11.6 Å². The zero-order chi connectivity index (χ0) is 11.4. The number of para-hydroxylation sites is 1. The minimum atomic E-state index is 0.232. The van der Waals surface area contributed by atoms with Crippen molar-refractivity contribution in [3.8, 4) is 11.5 Å². The molecular weight excluding hydrogens is 226 g/mol. The van der Waals surface area contributed by atoms with E-state index >= 15 is 0 Å². The van der Waals surface area contributed by atoms with Crippen LogP contribution < -0.4 is 14.8 Å². The van der Waals surface area contributed by atoms with Crippen molar-refractivity contribution in [1.29, 1.82) is 0 Å². The summed E-state index contributed by atoms with van der Waals surface area (Å²) in [5.74, 6) is 1.37. The van der Waals surface area contributed by atoms with E-state index in [2.05, 4.69) is 5.32 Å². The van der Waals surface area contributed by atoms with Crippen LogP contribution in [0.4, 0.5) is 0 Å². The van der Waals surface area contributed by atoms with Gasteiger partial charge in [0, 0.05) is 0 Å². The molecule has 0 bridgehead atoms. The third kappa shape index (κ3) is 2.60. The van der Waals surface area contributed by atoms with Crippen molar-refractivity contribution in [2.45, 2.75) is 18.9 Å². The Balaban J connectivity index is 2.12. The Hall–Kier alpha value is -0.930. The molecule has 3 nitrogen and oxygen atoms in total. The number of benzene rings is 1. The molecule has 0 atom stereocenters. The SMILES string of the molecule is COc1cccc(Cl)c1OC1CCNCC1. The fraction of sp³-hybridized carbons (Fsp3) is 0.500. The maximum absolute atomic E-state index is 6.11. The average Bonchev–Trinajstić information content (AvgIpc) is 2.33. The second-order valence-electron chi connectivity index (χ2n) is 3.84. The highest BCUT2D eigenvalue weighted by Crippen LogP contribution is 2.36. The Bertz CT molecular complexity index is 351. The van der Waals surface area contributed by atoms with Crippen LogP contribution in [-0.4, -0.2) is 26.3 Å². The Morgan fingerprint density at radius 2 is 2.06 bits per heavy atom. The minimum Gasteiger partial charge on any atom is -0.493 e. The van der Waals surface area contributed by atoms with Crippen molar-refractivity contribution in [1.82, 2.24) is 5.32 Å². The standard InChI is InChI=1S/C12H16ClNO2/c1-15-11-4-2-3-10(13)12(11)16-9-5-7-14-8-6-9/h2-4,9,14H,5-8H2,1H3. The highest BCUT2D eigenvalue weighted by Gasteiger charge is 2.18. The summed E-state index contributed by atoms with van der Waals surface area (Å²) in [6.45, 7) is 1.99. The normalized spacial score (nSPS) is 17.1. The Labute approximate surface area is 101 Å². The first-order valence-electron chi connectivity index (χ1n) is 5.51. The van der Waals surface area contributed by atoms with E-state index in [-0.39, 0.29) is 6.10 Å². The Kier molecular flexibility index (Phi) is 3.91. The van der Waals surface area contributed by atoms with E-state index in [4.69, 9.17) is 21.1 Å². The summed E-state index contributed by atoms with van der Waals surface area (Å²) in [6, 6.07) is 5.54. The summed E-state index contributed by atoms with van der Waals surface area (Å²) in [7, 11) is 1.63. The average molecular weight is 242 g/mol. The molecule has 1 aromatic carbocycles. The molecule has 0 saturated carbocycles. The van der Waals surface area contributed by atoms with Crippen LogP contribution >= 0.6 is 11.6 Å². The topological polar surface area (TPSA) is 30.5 Å². The maximum Gasteiger partial charge on any atom is 0.180 e. The fourth-order valence-electron chi connectivity index (χ4n) is 1.84. The lowest BCUT2D eigenvalue weighted by atomic mass is 10.1. The van der Waals surface area contributed by atoms with Gasteiger partial charge in [-0.2, -0.15) is 0 Å². The Morgan fingerprint density at radius 3 is 2.75 bits per heavy atom. The fourth-order valence-corrected chi connectivity index (χ4v) is 2.05. The van der Waals surface area contributed by atoms with E-state index in [9.17, 15) is 0 Å². The van der Waals surface area contributed by atoms with Gasteiger partial charge >= 0.3 is 0 Å². The lowest BCUT2D eigenvalue weighted by Gasteiger charge is -2.25. The molecule has 1 aliphatic rings. The van der Waals surface area contributed by atoms with Gasteiger partial charge in [0.1, 0.15) is 6.10 Å². The molecule has 1 aliphatic heterocycles. The van der Waals surface area contributed by atoms with Crippen molar-refractivity contribution in [2.75, 3.05) is 20.2 Å². The number of piperidine rings is 1. The summed E-state index contributed by atoms with van der Waals surface area (Å²) < 4.78 is 11.2. The maximum atomic E-state index is 6.11. The van der Waals surface area contributed by atoms with Crippen LogP contribution in [0.25, 0.3) is 0 Å². The second-order valence-corrected chi connectivity index (χ2v) is 4.25. The van der Waals surface area contributed by atoms with E-state index in [1.165, 1.54) is 0 Å². The Morgan fingerprint density at radius 1 is 1.31 bits per heavy atom. The predicted molar refractivity (Wildman–Crippen MR) is 64.5 cm³/mol. The van der Waals surface area contributed by atoms with Gasteiger partial charge in [0.2, 0.25) is 0 Å². The first kappa shape index (κ1) is 11.6. The van der Waals surface area contributed by atoms with Gasteiger partial charge in [-0.15, -0.1) is 0 Å². The molecule has 0 radical (unpaired) electrons. The number of rotatable bonds is 3. The van der Waals surface area contributed by atoms with Gasteiger partial charge < -0.3 is 14.8 Å². The van der Waals surface area contributed by atoms with Crippen LogP contribution in [0.15, 0.2) is 18.2 Å². The van der Waals surface area contributed by atoms with E-state index in [0.29, 0.717) is 16.5 Å². The van der Waals surface area contributed by atoms with Crippen LogP contribution in [0.3, 0.4) is 0 Å². The van der Waals surface area contributed by atoms with Crippen LogP contribution in [0.2, 0.25) is 5.02 Å². The van der Waals surface area contributed by atoms with E-state index in [1.807, 2.05) is 18.2 Å². The largest absolute Gasteiger partial charge is 0.493 e. The first-order chi connectivity index (χ1) is 7.81. The van der Waals surface area contributed by atoms with E-state index < -0.39 is 0 Å². The molecule has 1 saturated heterocycles. The predicted octanol–water partition coefficient (Wildman–Crippen LogP) is 2.48. The minimum absolute atomic E-state index is 0.232. The van der Waals surface area contributed by atoms with Crippen LogP contribution in [0.5, 0.6) is 11.5 Å². The first-order valence-corrected chi connectivity index (χ1v) is 5.89. The number of methoxy groups -OCH3 is 1. The number of ether oxygens (including phenoxy) is 2. The van der Waals surface area contributed by atoms with Crippen molar-refractivity contribution in [3.63, 3.8) is 0 Å². The monoisotopic (exact) mass is 241 g/mol. The van der Waals surface area contributed by atoms with Gasteiger partial charge in [0.25, 0.3) is 0 Å². The molecule has 4 heteroatoms. The van der Waals surface area contributed by atoms with Gasteiger partial charge in [-0.3, -0.25) is 0 Å². The van der Waals surface area contributed by atoms with Gasteiger partial charge in [-0.25, -0.2) is 0 Å². The molecule has 0 spiro atoms. The van der Waals surface area contributed by atoms with E-state index in [0.717, 1.165) is 25.9 Å². The molecule has 0 unspecified atom stereocenters. The number of hydrogen-bond acceptors (Lipinski definition) is 3. The molecule has 1 aromatic rings. The molecule has 0 amide bonds. The van der Waals surface area contributed by atoms with Gasteiger partial charge in [-0.1, -0.05) is 17.7 Å². The molecule has 0 aliphatic carbocycles. The number of nitrogens with one attached hydrogen (secondary N) is 1. The molecule has 16 heavy (non-hydrogen) atoms. The summed E-state index contributed by atoms with van der Waals surface area (Å²) in [6.07, 6.45) is 2.25. The zero-order valence-corrected chi connectivity index (χ0v) is 10.1. The smallest absolute Gasteiger partial charge is 0.180 e. The highest BCUT2D eigenvalue weighted by atomic mass is 35.5. The molecule has 0 aromatic heterocycles. The van der Waals surface area contributed by atoms with E-state index in [1.54, 1.807) is 7.11 Å². The van der Waals surface area contributed by atoms with Gasteiger partial charge in [0.05, 0.1) is 12.1 Å². The summed E-state index contributed by atoms with van der Waals surface area (Å²) in [5.41, 5.74) is 0. The second kappa shape index (κ2) is 5.41. The molecule has 1 N–H and O–H groups in total. The van der Waals surface area contributed by atoms with Crippen LogP contribution in [0.1, 0.15) is 12.8 Å². The quantitative estimate of drug-likeness (QED) is 0.882. The summed E-state index contributed by atoms with van der Waals surface area (Å²) in [5, 5.41) is 3.91. The van der Waals surface area contributed by atoms with Crippen LogP contribution in [-0.2, 0) is 0 Å².